The molecule has 0 aliphatic heterocycles. The molecule has 0 saturated heterocycles. The van der Waals surface area contributed by atoms with Gasteiger partial charge in [-0.2, -0.15) is 0 Å². The Morgan fingerprint density at radius 3 is 2.29 bits per heavy atom. The van der Waals surface area contributed by atoms with Crippen LogP contribution in [0.15, 0.2) is 66.9 Å². The van der Waals surface area contributed by atoms with Crippen molar-refractivity contribution in [2.75, 3.05) is 5.32 Å². The van der Waals surface area contributed by atoms with E-state index in [-0.39, 0.29) is 12.0 Å². The minimum absolute atomic E-state index is 0.140. The largest absolute Gasteiger partial charge is 0.491 e. The molecule has 0 unspecified atom stereocenters. The SMILES string of the molecule is CC(C)Oc1ccc(Nc2ccc(C(=O)NCc3ccc(Cl)cc3)nc2)cc1. The second-order valence-electron chi connectivity index (χ2n) is 6.56. The van der Waals surface area contributed by atoms with Crippen LogP contribution in [0.2, 0.25) is 5.02 Å². The van der Waals surface area contributed by atoms with Crippen molar-refractivity contribution in [3.63, 3.8) is 0 Å². The Morgan fingerprint density at radius 2 is 1.68 bits per heavy atom. The molecule has 0 radical (unpaired) electrons. The van der Waals surface area contributed by atoms with Crippen molar-refractivity contribution in [2.24, 2.45) is 0 Å². The number of ether oxygens (including phenoxy) is 1. The molecule has 1 aromatic heterocycles. The number of nitrogens with zero attached hydrogens (tertiary/aromatic N) is 1. The van der Waals surface area contributed by atoms with E-state index in [0.29, 0.717) is 17.3 Å². The number of pyridine rings is 1. The number of benzene rings is 2. The average molecular weight is 396 g/mol. The molecule has 144 valence electrons. The summed E-state index contributed by atoms with van der Waals surface area (Å²) >= 11 is 5.86. The van der Waals surface area contributed by atoms with Crippen LogP contribution in [-0.2, 0) is 6.54 Å². The van der Waals surface area contributed by atoms with Gasteiger partial charge in [0.15, 0.2) is 0 Å². The molecule has 3 aromatic rings. The molecule has 0 spiro atoms. The van der Waals surface area contributed by atoms with Gasteiger partial charge in [0.2, 0.25) is 0 Å². The summed E-state index contributed by atoms with van der Waals surface area (Å²) in [6.07, 6.45) is 1.77. The molecule has 0 aliphatic carbocycles. The maximum atomic E-state index is 12.2. The number of carbonyl (C=O) groups is 1. The van der Waals surface area contributed by atoms with Gasteiger partial charge in [0, 0.05) is 17.3 Å². The number of anilines is 2. The molecule has 6 heteroatoms. The number of amides is 1. The van der Waals surface area contributed by atoms with Crippen LogP contribution in [0.5, 0.6) is 5.75 Å². The van der Waals surface area contributed by atoms with E-state index in [0.717, 1.165) is 22.7 Å². The monoisotopic (exact) mass is 395 g/mol. The van der Waals surface area contributed by atoms with Gasteiger partial charge in [-0.15, -0.1) is 0 Å². The molecule has 0 atom stereocenters. The molecule has 3 rings (SSSR count). The summed E-state index contributed by atoms with van der Waals surface area (Å²) in [6.45, 7) is 4.40. The highest BCUT2D eigenvalue weighted by atomic mass is 35.5. The maximum absolute atomic E-state index is 12.2. The van der Waals surface area contributed by atoms with Crippen LogP contribution in [0.3, 0.4) is 0 Å². The van der Waals surface area contributed by atoms with Crippen LogP contribution in [-0.4, -0.2) is 17.0 Å². The fourth-order valence-corrected chi connectivity index (χ4v) is 2.66. The zero-order valence-corrected chi connectivity index (χ0v) is 16.5. The molecule has 2 N–H and O–H groups in total. The molecular weight excluding hydrogens is 374 g/mol. The van der Waals surface area contributed by atoms with Crippen molar-refractivity contribution < 1.29 is 9.53 Å². The highest BCUT2D eigenvalue weighted by molar-refractivity contribution is 6.30. The molecular formula is C22H22ClN3O2. The number of rotatable bonds is 7. The molecule has 0 bridgehead atoms. The zero-order valence-electron chi connectivity index (χ0n) is 15.8. The van der Waals surface area contributed by atoms with Gasteiger partial charge in [0.1, 0.15) is 11.4 Å². The topological polar surface area (TPSA) is 63.2 Å². The summed E-state index contributed by atoms with van der Waals surface area (Å²) in [5, 5.41) is 6.77. The quantitative estimate of drug-likeness (QED) is 0.577. The maximum Gasteiger partial charge on any atom is 0.270 e. The fraction of sp³-hybridized carbons (Fsp3) is 0.182. The number of hydrogen-bond donors (Lipinski definition) is 2. The Bertz CT molecular complexity index is 908. The minimum Gasteiger partial charge on any atom is -0.491 e. The van der Waals surface area contributed by atoms with Crippen molar-refractivity contribution in [3.8, 4) is 5.75 Å². The summed E-state index contributed by atoms with van der Waals surface area (Å²) in [7, 11) is 0. The Morgan fingerprint density at radius 1 is 1.00 bits per heavy atom. The number of nitrogens with one attached hydrogen (secondary N) is 2. The lowest BCUT2D eigenvalue weighted by Crippen LogP contribution is -2.23. The second-order valence-corrected chi connectivity index (χ2v) is 6.99. The molecule has 5 nitrogen and oxygen atoms in total. The zero-order chi connectivity index (χ0) is 19.9. The van der Waals surface area contributed by atoms with Gasteiger partial charge in [-0.05, 0) is 67.9 Å². The van der Waals surface area contributed by atoms with Gasteiger partial charge in [-0.3, -0.25) is 4.79 Å². The first-order chi connectivity index (χ1) is 13.5. The van der Waals surface area contributed by atoms with Crippen molar-refractivity contribution >= 4 is 28.9 Å². The molecule has 28 heavy (non-hydrogen) atoms. The van der Waals surface area contributed by atoms with Crippen LogP contribution >= 0.6 is 11.6 Å². The molecule has 0 saturated carbocycles. The average Bonchev–Trinajstić information content (AvgIpc) is 2.69. The van der Waals surface area contributed by atoms with E-state index in [1.165, 1.54) is 0 Å². The number of halogens is 1. The van der Waals surface area contributed by atoms with Gasteiger partial charge in [-0.25, -0.2) is 4.98 Å². The van der Waals surface area contributed by atoms with E-state index >= 15 is 0 Å². The Kier molecular flexibility index (Phi) is 6.50. The Hall–Kier alpha value is -3.05. The van der Waals surface area contributed by atoms with Crippen LogP contribution in [0.1, 0.15) is 29.9 Å². The first-order valence-electron chi connectivity index (χ1n) is 9.02. The van der Waals surface area contributed by atoms with Crippen molar-refractivity contribution in [1.29, 1.82) is 0 Å². The standard InChI is InChI=1S/C22H22ClN3O2/c1-15(2)28-20-10-7-18(8-11-20)26-19-9-12-21(24-14-19)22(27)25-13-16-3-5-17(23)6-4-16/h3-12,14-15,26H,13H2,1-2H3,(H,25,27). The normalized spacial score (nSPS) is 10.6. The highest BCUT2D eigenvalue weighted by Gasteiger charge is 2.07. The van der Waals surface area contributed by atoms with E-state index in [1.54, 1.807) is 24.4 Å². The first-order valence-corrected chi connectivity index (χ1v) is 9.40. The predicted octanol–water partition coefficient (Wildman–Crippen LogP) is 5.20. The van der Waals surface area contributed by atoms with E-state index in [4.69, 9.17) is 16.3 Å². The van der Waals surface area contributed by atoms with Gasteiger partial charge in [0.05, 0.1) is 18.0 Å². The molecule has 2 aromatic carbocycles. The summed E-state index contributed by atoms with van der Waals surface area (Å²) in [4.78, 5) is 16.5. The second kappa shape index (κ2) is 9.24. The number of aromatic nitrogens is 1. The lowest BCUT2D eigenvalue weighted by Gasteiger charge is -2.11. The van der Waals surface area contributed by atoms with E-state index in [1.807, 2.05) is 56.3 Å². The van der Waals surface area contributed by atoms with Crippen LogP contribution < -0.4 is 15.4 Å². The summed E-state index contributed by atoms with van der Waals surface area (Å²) in [5.41, 5.74) is 3.05. The first kappa shape index (κ1) is 19.7. The van der Waals surface area contributed by atoms with Crippen LogP contribution in [0, 0.1) is 0 Å². The molecule has 0 aliphatic rings. The van der Waals surface area contributed by atoms with Crippen molar-refractivity contribution in [2.45, 2.75) is 26.5 Å². The van der Waals surface area contributed by atoms with Crippen molar-refractivity contribution in [1.82, 2.24) is 10.3 Å². The number of carbonyl (C=O) groups excluding carboxylic acids is 1. The molecule has 1 heterocycles. The van der Waals surface area contributed by atoms with Crippen molar-refractivity contribution in [3.05, 3.63) is 83.1 Å². The summed E-state index contributed by atoms with van der Waals surface area (Å²) in [5.74, 6) is 0.600. The third-order valence-electron chi connectivity index (χ3n) is 3.88. The third kappa shape index (κ3) is 5.72. The molecule has 0 fully saturated rings. The van der Waals surface area contributed by atoms with Crippen LogP contribution in [0.4, 0.5) is 11.4 Å². The van der Waals surface area contributed by atoms with Gasteiger partial charge < -0.3 is 15.4 Å². The minimum atomic E-state index is -0.225. The Balaban J connectivity index is 1.55. The van der Waals surface area contributed by atoms with Crippen LogP contribution in [0.25, 0.3) is 0 Å². The smallest absolute Gasteiger partial charge is 0.270 e. The predicted molar refractivity (Wildman–Crippen MR) is 112 cm³/mol. The fourth-order valence-electron chi connectivity index (χ4n) is 2.53. The highest BCUT2D eigenvalue weighted by Crippen LogP contribution is 2.20. The third-order valence-corrected chi connectivity index (χ3v) is 4.13. The number of hydrogen-bond acceptors (Lipinski definition) is 4. The van der Waals surface area contributed by atoms with Gasteiger partial charge in [0.25, 0.3) is 5.91 Å². The van der Waals surface area contributed by atoms with E-state index in [9.17, 15) is 4.79 Å². The summed E-state index contributed by atoms with van der Waals surface area (Å²) < 4.78 is 5.63. The van der Waals surface area contributed by atoms with Gasteiger partial charge in [-0.1, -0.05) is 23.7 Å². The lowest BCUT2D eigenvalue weighted by atomic mass is 10.2. The lowest BCUT2D eigenvalue weighted by molar-refractivity contribution is 0.0946. The van der Waals surface area contributed by atoms with E-state index in [2.05, 4.69) is 15.6 Å². The molecule has 1 amide bonds. The summed E-state index contributed by atoms with van der Waals surface area (Å²) in [6, 6.07) is 18.5. The Labute approximate surface area is 169 Å². The van der Waals surface area contributed by atoms with Gasteiger partial charge >= 0.3 is 0 Å². The van der Waals surface area contributed by atoms with E-state index < -0.39 is 0 Å².